The molecule has 1 N–H and O–H groups in total. The molecule has 0 heterocycles. The van der Waals surface area contributed by atoms with E-state index >= 15 is 0 Å². The third-order valence-corrected chi connectivity index (χ3v) is 4.84. The number of nitrogens with one attached hydrogen (secondary N) is 1. The highest BCUT2D eigenvalue weighted by atomic mass is 19.1. The van der Waals surface area contributed by atoms with Gasteiger partial charge in [-0.3, -0.25) is 9.59 Å². The number of carbonyl (C=O) groups excluding carboxylic acids is 2. The van der Waals surface area contributed by atoms with Crippen LogP contribution in [0.4, 0.5) is 8.78 Å². The van der Waals surface area contributed by atoms with Crippen molar-refractivity contribution in [3.05, 3.63) is 65.7 Å². The second-order valence-electron chi connectivity index (χ2n) is 7.11. The number of nitrogens with zero attached hydrogens (tertiary/aromatic N) is 1. The lowest BCUT2D eigenvalue weighted by Crippen LogP contribution is -2.51. The first-order chi connectivity index (χ1) is 14.3. The minimum atomic E-state index is -0.735. The molecule has 0 aliphatic heterocycles. The third-order valence-electron chi connectivity index (χ3n) is 4.84. The molecule has 0 saturated heterocycles. The van der Waals surface area contributed by atoms with Crippen LogP contribution < -0.4 is 10.1 Å². The van der Waals surface area contributed by atoms with Crippen LogP contribution in [0, 0.1) is 11.6 Å². The lowest BCUT2D eigenvalue weighted by Gasteiger charge is -2.31. The number of amides is 2. The Morgan fingerprint density at radius 2 is 1.70 bits per heavy atom. The van der Waals surface area contributed by atoms with Crippen LogP contribution in [0.15, 0.2) is 48.5 Å². The largest absolute Gasteiger partial charge is 0.481 e. The Balaban J connectivity index is 2.21. The van der Waals surface area contributed by atoms with Gasteiger partial charge < -0.3 is 15.0 Å². The summed E-state index contributed by atoms with van der Waals surface area (Å²) in [5, 5.41) is 2.90. The van der Waals surface area contributed by atoms with Crippen molar-refractivity contribution in [3.63, 3.8) is 0 Å². The number of para-hydroxylation sites is 1. The van der Waals surface area contributed by atoms with Gasteiger partial charge in [-0.25, -0.2) is 8.78 Å². The van der Waals surface area contributed by atoms with Gasteiger partial charge in [0.25, 0.3) is 5.91 Å². The highest BCUT2D eigenvalue weighted by Crippen LogP contribution is 2.17. The van der Waals surface area contributed by atoms with Crippen LogP contribution in [-0.4, -0.2) is 35.4 Å². The first kappa shape index (κ1) is 23.3. The first-order valence-corrected chi connectivity index (χ1v) is 10.1. The van der Waals surface area contributed by atoms with Crippen molar-refractivity contribution < 1.29 is 23.1 Å². The number of rotatable bonds is 10. The maximum Gasteiger partial charge on any atom is 0.261 e. The summed E-state index contributed by atoms with van der Waals surface area (Å²) in [6.07, 6.45) is 1.14. The van der Waals surface area contributed by atoms with E-state index in [-0.39, 0.29) is 30.1 Å². The van der Waals surface area contributed by atoms with Gasteiger partial charge in [0.15, 0.2) is 18.2 Å². The number of ether oxygens (including phenoxy) is 1. The van der Waals surface area contributed by atoms with Crippen molar-refractivity contribution >= 4 is 11.8 Å². The maximum absolute atomic E-state index is 13.8. The minimum Gasteiger partial charge on any atom is -0.481 e. The standard InChI is InChI=1S/C23H28F2N2O3/c1-4-16(3)26-23(29)20(5-2)27(14-17-10-12-18(24)13-11-17)22(28)15-30-21-9-7-6-8-19(21)25/h6-13,16,20H,4-5,14-15H2,1-3H3,(H,26,29)/t16-,20+/m0/s1. The number of benzene rings is 2. The van der Waals surface area contributed by atoms with Crippen molar-refractivity contribution in [1.29, 1.82) is 0 Å². The summed E-state index contributed by atoms with van der Waals surface area (Å²) >= 11 is 0. The molecular formula is C23H28F2N2O3. The molecule has 7 heteroatoms. The molecule has 0 unspecified atom stereocenters. The van der Waals surface area contributed by atoms with E-state index in [1.807, 2.05) is 20.8 Å². The fraction of sp³-hybridized carbons (Fsp3) is 0.391. The zero-order valence-electron chi connectivity index (χ0n) is 17.5. The van der Waals surface area contributed by atoms with Crippen LogP contribution in [0.25, 0.3) is 0 Å². The molecule has 2 amide bonds. The zero-order chi connectivity index (χ0) is 22.1. The lowest BCUT2D eigenvalue weighted by molar-refractivity contribution is -0.143. The molecule has 30 heavy (non-hydrogen) atoms. The van der Waals surface area contributed by atoms with Crippen LogP contribution in [0.3, 0.4) is 0 Å². The second-order valence-corrected chi connectivity index (χ2v) is 7.11. The van der Waals surface area contributed by atoms with Gasteiger partial charge in [0.05, 0.1) is 0 Å². The summed E-state index contributed by atoms with van der Waals surface area (Å²) in [6.45, 7) is 5.33. The average molecular weight is 418 g/mol. The summed E-state index contributed by atoms with van der Waals surface area (Å²) in [5.41, 5.74) is 0.672. The highest BCUT2D eigenvalue weighted by molar-refractivity contribution is 5.88. The second kappa shape index (κ2) is 11.3. The van der Waals surface area contributed by atoms with Crippen LogP contribution in [0.1, 0.15) is 39.2 Å². The van der Waals surface area contributed by atoms with Crippen molar-refractivity contribution in [3.8, 4) is 5.75 Å². The van der Waals surface area contributed by atoms with Crippen LogP contribution in [0.5, 0.6) is 5.75 Å². The summed E-state index contributed by atoms with van der Waals surface area (Å²) in [5.74, 6) is -1.73. The Hall–Kier alpha value is -2.96. The monoisotopic (exact) mass is 418 g/mol. The Morgan fingerprint density at radius 1 is 1.03 bits per heavy atom. The van der Waals surface area contributed by atoms with Crippen molar-refractivity contribution in [2.75, 3.05) is 6.61 Å². The Kier molecular flexibility index (Phi) is 8.77. The zero-order valence-corrected chi connectivity index (χ0v) is 17.5. The first-order valence-electron chi connectivity index (χ1n) is 10.1. The summed E-state index contributed by atoms with van der Waals surface area (Å²) in [6, 6.07) is 10.8. The van der Waals surface area contributed by atoms with E-state index in [9.17, 15) is 18.4 Å². The molecule has 0 bridgehead atoms. The molecule has 0 aliphatic carbocycles. The molecule has 0 aliphatic rings. The van der Waals surface area contributed by atoms with E-state index in [2.05, 4.69) is 5.32 Å². The molecular weight excluding hydrogens is 390 g/mol. The number of hydrogen-bond acceptors (Lipinski definition) is 3. The fourth-order valence-electron chi connectivity index (χ4n) is 2.93. The van der Waals surface area contributed by atoms with Crippen molar-refractivity contribution in [2.24, 2.45) is 0 Å². The number of halogens is 2. The summed E-state index contributed by atoms with van der Waals surface area (Å²) < 4.78 is 32.4. The predicted molar refractivity (Wildman–Crippen MR) is 111 cm³/mol. The maximum atomic E-state index is 13.8. The SMILES string of the molecule is CC[C@H](C(=O)N[C@@H](C)CC)N(Cc1ccc(F)cc1)C(=O)COc1ccccc1F. The van der Waals surface area contributed by atoms with Crippen molar-refractivity contribution in [2.45, 2.75) is 52.2 Å². The predicted octanol–water partition coefficient (Wildman–Crippen LogP) is 4.07. The molecule has 2 atom stereocenters. The minimum absolute atomic E-state index is 0.0373. The summed E-state index contributed by atoms with van der Waals surface area (Å²) in [4.78, 5) is 27.2. The van der Waals surface area contributed by atoms with Crippen LogP contribution in [-0.2, 0) is 16.1 Å². The number of hydrogen-bond donors (Lipinski definition) is 1. The van der Waals surface area contributed by atoms with Gasteiger partial charge >= 0.3 is 0 Å². The van der Waals surface area contributed by atoms with Gasteiger partial charge in [0, 0.05) is 12.6 Å². The van der Waals surface area contributed by atoms with E-state index in [0.29, 0.717) is 12.0 Å². The molecule has 2 rings (SSSR count). The molecule has 0 spiro atoms. The third kappa shape index (κ3) is 6.54. The van der Waals surface area contributed by atoms with E-state index in [0.717, 1.165) is 6.42 Å². The normalized spacial score (nSPS) is 12.7. The molecule has 0 radical (unpaired) electrons. The van der Waals surface area contributed by atoms with Gasteiger partial charge in [-0.15, -0.1) is 0 Å². The van der Waals surface area contributed by atoms with Crippen LogP contribution in [0.2, 0.25) is 0 Å². The van der Waals surface area contributed by atoms with E-state index in [4.69, 9.17) is 4.74 Å². The van der Waals surface area contributed by atoms with Gasteiger partial charge in [0.1, 0.15) is 11.9 Å². The molecule has 0 fully saturated rings. The lowest BCUT2D eigenvalue weighted by atomic mass is 10.1. The van der Waals surface area contributed by atoms with Gasteiger partial charge in [-0.05, 0) is 49.6 Å². The molecule has 162 valence electrons. The topological polar surface area (TPSA) is 58.6 Å². The van der Waals surface area contributed by atoms with E-state index in [1.165, 1.54) is 35.2 Å². The molecule has 5 nitrogen and oxygen atoms in total. The van der Waals surface area contributed by atoms with E-state index in [1.54, 1.807) is 18.2 Å². The highest BCUT2D eigenvalue weighted by Gasteiger charge is 2.29. The molecule has 0 aromatic heterocycles. The van der Waals surface area contributed by atoms with Gasteiger partial charge in [-0.1, -0.05) is 38.1 Å². The quantitative estimate of drug-likeness (QED) is 0.633. The summed E-state index contributed by atoms with van der Waals surface area (Å²) in [7, 11) is 0. The van der Waals surface area contributed by atoms with Crippen LogP contribution >= 0.6 is 0 Å². The van der Waals surface area contributed by atoms with Crippen molar-refractivity contribution in [1.82, 2.24) is 10.2 Å². The molecule has 2 aromatic carbocycles. The number of carbonyl (C=O) groups is 2. The van der Waals surface area contributed by atoms with Gasteiger partial charge in [-0.2, -0.15) is 0 Å². The van der Waals surface area contributed by atoms with E-state index < -0.39 is 24.4 Å². The fourth-order valence-corrected chi connectivity index (χ4v) is 2.93. The Labute approximate surface area is 176 Å². The molecule has 0 saturated carbocycles. The average Bonchev–Trinajstić information content (AvgIpc) is 2.74. The Morgan fingerprint density at radius 3 is 2.30 bits per heavy atom. The smallest absolute Gasteiger partial charge is 0.261 e. The van der Waals surface area contributed by atoms with Gasteiger partial charge in [0.2, 0.25) is 5.91 Å². The Bertz CT molecular complexity index is 843. The molecule has 2 aromatic rings.